The smallest absolute Gasteiger partial charge is 0.163 e. The number of fused-ring (bicyclic) bond motifs is 1. The van der Waals surface area contributed by atoms with Crippen molar-refractivity contribution in [2.75, 3.05) is 13.2 Å². The quantitative estimate of drug-likeness (QED) is 0.529. The predicted molar refractivity (Wildman–Crippen MR) is 128 cm³/mol. The zero-order valence-corrected chi connectivity index (χ0v) is 20.1. The Hall–Kier alpha value is -2.34. The van der Waals surface area contributed by atoms with Gasteiger partial charge >= 0.3 is 0 Å². The van der Waals surface area contributed by atoms with Gasteiger partial charge in [-0.2, -0.15) is 5.10 Å². The van der Waals surface area contributed by atoms with E-state index in [4.69, 9.17) is 19.7 Å². The average molecular weight is 446 g/mol. The van der Waals surface area contributed by atoms with Crippen LogP contribution in [0.15, 0.2) is 30.6 Å². The van der Waals surface area contributed by atoms with E-state index in [1.54, 1.807) is 0 Å². The van der Waals surface area contributed by atoms with Gasteiger partial charge in [0.1, 0.15) is 5.82 Å². The summed E-state index contributed by atoms with van der Waals surface area (Å²) in [6.07, 6.45) is 12.4. The average Bonchev–Trinajstić information content (AvgIpc) is 3.46. The highest BCUT2D eigenvalue weighted by molar-refractivity contribution is 5.79. The molecule has 3 aromatic rings. The molecule has 174 valence electrons. The standard InChI is InChI=1S/C21H27N3O.C6H8N2/c1-13(2)20-10-21(11-20,12-20)17-16-5-4-14(3)22-19(16)24-18(23-17)15-6-8-25-9-7-15;1-4-7-8(5-1)6-2-3-6/h4-5,13,15H,6-12H2,1-3H3;1,4-6H,2-3H2. The van der Waals surface area contributed by atoms with Gasteiger partial charge in [-0.3, -0.25) is 4.68 Å². The van der Waals surface area contributed by atoms with Gasteiger partial charge in [0.15, 0.2) is 5.65 Å². The molecule has 6 heteroatoms. The van der Waals surface area contributed by atoms with Crippen LogP contribution in [0.4, 0.5) is 0 Å². The summed E-state index contributed by atoms with van der Waals surface area (Å²) in [4.78, 5) is 14.8. The summed E-state index contributed by atoms with van der Waals surface area (Å²) in [6.45, 7) is 8.44. The number of pyridine rings is 1. The monoisotopic (exact) mass is 445 g/mol. The molecule has 4 saturated carbocycles. The topological polar surface area (TPSA) is 65.7 Å². The molecular formula is C27H35N5O. The van der Waals surface area contributed by atoms with Crippen LogP contribution in [0.1, 0.15) is 88.0 Å². The number of aromatic nitrogens is 5. The molecule has 4 aliphatic carbocycles. The van der Waals surface area contributed by atoms with E-state index in [9.17, 15) is 0 Å². The van der Waals surface area contributed by atoms with E-state index in [-0.39, 0.29) is 0 Å². The summed E-state index contributed by atoms with van der Waals surface area (Å²) < 4.78 is 7.56. The highest BCUT2D eigenvalue weighted by Crippen LogP contribution is 2.76. The van der Waals surface area contributed by atoms with Crippen molar-refractivity contribution >= 4 is 11.0 Å². The highest BCUT2D eigenvalue weighted by atomic mass is 16.5. The Kier molecular flexibility index (Phi) is 5.05. The molecule has 0 aromatic carbocycles. The van der Waals surface area contributed by atoms with Crippen molar-refractivity contribution in [2.45, 2.75) is 83.1 Å². The second-order valence-corrected chi connectivity index (χ2v) is 11.2. The van der Waals surface area contributed by atoms with Crippen molar-refractivity contribution in [2.24, 2.45) is 11.3 Å². The van der Waals surface area contributed by atoms with Crippen LogP contribution < -0.4 is 0 Å². The summed E-state index contributed by atoms with van der Waals surface area (Å²) in [5.74, 6) is 2.20. The van der Waals surface area contributed by atoms with Gasteiger partial charge in [-0.1, -0.05) is 13.8 Å². The lowest BCUT2D eigenvalue weighted by molar-refractivity contribution is -0.173. The molecule has 4 heterocycles. The summed E-state index contributed by atoms with van der Waals surface area (Å²) in [5.41, 5.74) is 4.09. The van der Waals surface area contributed by atoms with E-state index in [1.165, 1.54) is 43.2 Å². The second kappa shape index (κ2) is 7.86. The van der Waals surface area contributed by atoms with Crippen molar-refractivity contribution in [3.63, 3.8) is 0 Å². The van der Waals surface area contributed by atoms with Gasteiger partial charge in [0, 0.05) is 48.0 Å². The molecule has 8 rings (SSSR count). The van der Waals surface area contributed by atoms with Gasteiger partial charge in [0.25, 0.3) is 0 Å². The predicted octanol–water partition coefficient (Wildman–Crippen LogP) is 5.52. The number of rotatable bonds is 4. The fourth-order valence-corrected chi connectivity index (χ4v) is 6.23. The Morgan fingerprint density at radius 3 is 2.39 bits per heavy atom. The van der Waals surface area contributed by atoms with Crippen LogP contribution in [0.5, 0.6) is 0 Å². The van der Waals surface area contributed by atoms with E-state index in [0.717, 1.165) is 55.2 Å². The van der Waals surface area contributed by atoms with Crippen molar-refractivity contribution in [3.05, 3.63) is 47.8 Å². The molecule has 3 aromatic heterocycles. The van der Waals surface area contributed by atoms with E-state index >= 15 is 0 Å². The van der Waals surface area contributed by atoms with E-state index < -0.39 is 0 Å². The molecular weight excluding hydrogens is 410 g/mol. The van der Waals surface area contributed by atoms with Gasteiger partial charge < -0.3 is 4.74 Å². The SMILES string of the molecule is Cc1ccc2c(C34CC(C(C)C)(C3)C4)nc(C3CCOCC3)nc2n1.c1cnn(C2CC2)c1. The molecule has 0 amide bonds. The molecule has 0 N–H and O–H groups in total. The van der Waals surface area contributed by atoms with Gasteiger partial charge in [-0.05, 0) is 81.4 Å². The molecule has 5 fully saturated rings. The number of nitrogens with zero attached hydrogens (tertiary/aromatic N) is 5. The molecule has 0 atom stereocenters. The van der Waals surface area contributed by atoms with Crippen molar-refractivity contribution in [1.29, 1.82) is 0 Å². The summed E-state index contributed by atoms with van der Waals surface area (Å²) >= 11 is 0. The summed E-state index contributed by atoms with van der Waals surface area (Å²) in [5, 5.41) is 5.27. The van der Waals surface area contributed by atoms with Gasteiger partial charge in [0.05, 0.1) is 11.7 Å². The van der Waals surface area contributed by atoms with Gasteiger partial charge in [-0.25, -0.2) is 15.0 Å². The minimum atomic E-state index is 0.294. The van der Waals surface area contributed by atoms with Crippen LogP contribution in [-0.2, 0) is 10.2 Å². The van der Waals surface area contributed by atoms with Gasteiger partial charge in [0.2, 0.25) is 0 Å². The minimum Gasteiger partial charge on any atom is -0.381 e. The molecule has 2 bridgehead atoms. The largest absolute Gasteiger partial charge is 0.381 e. The van der Waals surface area contributed by atoms with Crippen molar-refractivity contribution < 1.29 is 4.74 Å². The van der Waals surface area contributed by atoms with Crippen LogP contribution >= 0.6 is 0 Å². The summed E-state index contributed by atoms with van der Waals surface area (Å²) in [7, 11) is 0. The first-order valence-corrected chi connectivity index (χ1v) is 12.7. The van der Waals surface area contributed by atoms with E-state index in [1.807, 2.05) is 30.1 Å². The molecule has 1 saturated heterocycles. The Balaban J connectivity index is 0.000000216. The Morgan fingerprint density at radius 1 is 1.00 bits per heavy atom. The second-order valence-electron chi connectivity index (χ2n) is 11.2. The van der Waals surface area contributed by atoms with Crippen molar-refractivity contribution in [1.82, 2.24) is 24.7 Å². The lowest BCUT2D eigenvalue weighted by atomic mass is 9.31. The zero-order chi connectivity index (χ0) is 22.6. The first-order chi connectivity index (χ1) is 16.0. The normalized spacial score (nSPS) is 28.7. The van der Waals surface area contributed by atoms with Crippen LogP contribution in [0, 0.1) is 18.3 Å². The lowest BCUT2D eigenvalue weighted by Gasteiger charge is -2.72. The number of hydrogen-bond acceptors (Lipinski definition) is 5. The fourth-order valence-electron chi connectivity index (χ4n) is 6.23. The zero-order valence-electron chi connectivity index (χ0n) is 20.1. The van der Waals surface area contributed by atoms with Crippen LogP contribution in [0.2, 0.25) is 0 Å². The Labute approximate surface area is 196 Å². The van der Waals surface area contributed by atoms with E-state index in [2.05, 4.69) is 31.1 Å². The summed E-state index contributed by atoms with van der Waals surface area (Å²) in [6, 6.07) is 7.01. The lowest BCUT2D eigenvalue weighted by Crippen LogP contribution is -2.67. The molecule has 0 unspecified atom stereocenters. The molecule has 0 radical (unpaired) electrons. The molecule has 33 heavy (non-hydrogen) atoms. The third kappa shape index (κ3) is 3.67. The van der Waals surface area contributed by atoms with Crippen molar-refractivity contribution in [3.8, 4) is 0 Å². The number of hydrogen-bond donors (Lipinski definition) is 0. The molecule has 5 aliphatic rings. The fraction of sp³-hybridized carbons (Fsp3) is 0.630. The number of ether oxygens (including phenoxy) is 1. The van der Waals surface area contributed by atoms with Crippen LogP contribution in [-0.4, -0.2) is 37.9 Å². The van der Waals surface area contributed by atoms with Crippen LogP contribution in [0.3, 0.4) is 0 Å². The first kappa shape index (κ1) is 21.2. The highest BCUT2D eigenvalue weighted by Gasteiger charge is 2.70. The maximum Gasteiger partial charge on any atom is 0.163 e. The van der Waals surface area contributed by atoms with Gasteiger partial charge in [-0.15, -0.1) is 0 Å². The van der Waals surface area contributed by atoms with E-state index in [0.29, 0.717) is 16.7 Å². The Morgan fingerprint density at radius 2 is 1.76 bits per heavy atom. The third-order valence-corrected chi connectivity index (χ3v) is 8.55. The Bertz CT molecular complexity index is 1130. The molecule has 6 nitrogen and oxygen atoms in total. The number of aryl methyl sites for hydroxylation is 1. The van der Waals surface area contributed by atoms with Crippen LogP contribution in [0.25, 0.3) is 11.0 Å². The maximum atomic E-state index is 5.53. The maximum absolute atomic E-state index is 5.53. The minimum absolute atomic E-state index is 0.294. The molecule has 1 aliphatic heterocycles. The first-order valence-electron chi connectivity index (χ1n) is 12.7. The third-order valence-electron chi connectivity index (χ3n) is 8.55. The molecule has 0 spiro atoms.